The number of hydrogen-bond donors (Lipinski definition) is 1. The summed E-state index contributed by atoms with van der Waals surface area (Å²) in [7, 11) is 0. The molecule has 1 aliphatic heterocycles. The Bertz CT molecular complexity index is 686. The molecule has 0 aliphatic carbocycles. The number of halogens is 1. The minimum Gasteiger partial charge on any atom is -0.348 e. The number of hydrogen-bond acceptors (Lipinski definition) is 5. The van der Waals surface area contributed by atoms with Crippen molar-refractivity contribution in [3.8, 4) is 0 Å². The second-order valence-corrected chi connectivity index (χ2v) is 7.07. The van der Waals surface area contributed by atoms with Crippen LogP contribution in [0.25, 0.3) is 0 Å². The fourth-order valence-electron chi connectivity index (χ4n) is 2.89. The lowest BCUT2D eigenvalue weighted by atomic mass is 10.1. The molecule has 1 amide bonds. The molecule has 1 fully saturated rings. The van der Waals surface area contributed by atoms with Crippen LogP contribution >= 0.6 is 15.9 Å². The number of aromatic nitrogens is 2. The van der Waals surface area contributed by atoms with E-state index >= 15 is 0 Å². The molecule has 2 heterocycles. The molecular weight excluding hydrogens is 382 g/mol. The zero-order chi connectivity index (χ0) is 17.6. The summed E-state index contributed by atoms with van der Waals surface area (Å²) in [4.78, 5) is 25.2. The van der Waals surface area contributed by atoms with Crippen molar-refractivity contribution in [2.75, 3.05) is 37.6 Å². The summed E-state index contributed by atoms with van der Waals surface area (Å²) in [5, 5.41) is 3.07. The van der Waals surface area contributed by atoms with Crippen molar-refractivity contribution >= 4 is 27.8 Å². The highest BCUT2D eigenvalue weighted by atomic mass is 79.9. The van der Waals surface area contributed by atoms with E-state index in [2.05, 4.69) is 41.0 Å². The normalized spacial score (nSPS) is 16.5. The molecular formula is C18H22BrN5O. The number of benzene rings is 1. The van der Waals surface area contributed by atoms with Crippen LogP contribution in [0.15, 0.2) is 47.2 Å². The number of carbonyl (C=O) groups is 1. The molecule has 0 radical (unpaired) electrons. The molecule has 0 bridgehead atoms. The average molecular weight is 404 g/mol. The van der Waals surface area contributed by atoms with Gasteiger partial charge in [0.2, 0.25) is 11.9 Å². The van der Waals surface area contributed by atoms with E-state index in [1.807, 2.05) is 37.3 Å². The van der Waals surface area contributed by atoms with Crippen molar-refractivity contribution < 1.29 is 4.79 Å². The van der Waals surface area contributed by atoms with E-state index in [-0.39, 0.29) is 11.9 Å². The Labute approximate surface area is 156 Å². The number of nitrogens with one attached hydrogen (secondary N) is 1. The van der Waals surface area contributed by atoms with E-state index in [4.69, 9.17) is 0 Å². The third-order valence-electron chi connectivity index (χ3n) is 4.32. The van der Waals surface area contributed by atoms with E-state index in [1.54, 1.807) is 12.4 Å². The third-order valence-corrected chi connectivity index (χ3v) is 4.85. The highest BCUT2D eigenvalue weighted by Gasteiger charge is 2.21. The number of amides is 1. The molecule has 2 aromatic rings. The first-order chi connectivity index (χ1) is 12.1. The lowest BCUT2D eigenvalue weighted by molar-refractivity contribution is -0.123. The summed E-state index contributed by atoms with van der Waals surface area (Å²) in [6, 6.07) is 9.84. The lowest BCUT2D eigenvalue weighted by Crippen LogP contribution is -2.50. The highest BCUT2D eigenvalue weighted by Crippen LogP contribution is 2.16. The van der Waals surface area contributed by atoms with Gasteiger partial charge in [0.25, 0.3) is 0 Å². The van der Waals surface area contributed by atoms with E-state index in [9.17, 15) is 4.79 Å². The molecule has 25 heavy (non-hydrogen) atoms. The number of nitrogens with zero attached hydrogens (tertiary/aromatic N) is 4. The van der Waals surface area contributed by atoms with Gasteiger partial charge in [-0.25, -0.2) is 9.97 Å². The van der Waals surface area contributed by atoms with Crippen molar-refractivity contribution in [3.05, 3.63) is 52.8 Å². The summed E-state index contributed by atoms with van der Waals surface area (Å²) < 4.78 is 1.04. The van der Waals surface area contributed by atoms with Crippen molar-refractivity contribution in [2.45, 2.75) is 13.0 Å². The average Bonchev–Trinajstić information content (AvgIpc) is 2.63. The van der Waals surface area contributed by atoms with Crippen LogP contribution in [-0.2, 0) is 4.79 Å². The molecule has 1 aromatic carbocycles. The van der Waals surface area contributed by atoms with Gasteiger partial charge in [0.15, 0.2) is 0 Å². The van der Waals surface area contributed by atoms with Gasteiger partial charge in [-0.05, 0) is 30.7 Å². The van der Waals surface area contributed by atoms with E-state index in [0.29, 0.717) is 6.54 Å². The van der Waals surface area contributed by atoms with Crippen LogP contribution in [0.1, 0.15) is 18.5 Å². The molecule has 0 saturated carbocycles. The van der Waals surface area contributed by atoms with E-state index in [0.717, 1.165) is 42.2 Å². The summed E-state index contributed by atoms with van der Waals surface area (Å²) in [6.45, 7) is 5.76. The van der Waals surface area contributed by atoms with Gasteiger partial charge in [-0.3, -0.25) is 9.69 Å². The van der Waals surface area contributed by atoms with Gasteiger partial charge < -0.3 is 10.2 Å². The Hall–Kier alpha value is -1.99. The second kappa shape index (κ2) is 8.40. The molecule has 1 aromatic heterocycles. The SMILES string of the molecule is C[C@@H](NC(=O)CN1CCN(c2ncccn2)CC1)c1ccc(Br)cc1. The molecule has 0 unspecified atom stereocenters. The predicted octanol–water partition coefficient (Wildman–Crippen LogP) is 2.24. The Balaban J connectivity index is 1.45. The van der Waals surface area contributed by atoms with Crippen molar-refractivity contribution in [1.29, 1.82) is 0 Å². The first-order valence-electron chi connectivity index (χ1n) is 8.41. The van der Waals surface area contributed by atoms with Crippen LogP contribution in [0.2, 0.25) is 0 Å². The minimum atomic E-state index is -0.000363. The topological polar surface area (TPSA) is 61.4 Å². The maximum atomic E-state index is 12.3. The summed E-state index contributed by atoms with van der Waals surface area (Å²) in [5.74, 6) is 0.815. The minimum absolute atomic E-state index is 0.000363. The smallest absolute Gasteiger partial charge is 0.234 e. The van der Waals surface area contributed by atoms with Crippen molar-refractivity contribution in [1.82, 2.24) is 20.2 Å². The Kier molecular flexibility index (Phi) is 5.99. The summed E-state index contributed by atoms with van der Waals surface area (Å²) in [6.07, 6.45) is 3.51. The highest BCUT2D eigenvalue weighted by molar-refractivity contribution is 9.10. The standard InChI is InChI=1S/C18H22BrN5O/c1-14(15-3-5-16(19)6-4-15)22-17(25)13-23-9-11-24(12-10-23)18-20-7-2-8-21-18/h2-8,14H,9-13H2,1H3,(H,22,25)/t14-/m1/s1. The van der Waals surface area contributed by atoms with Gasteiger partial charge in [0, 0.05) is 43.0 Å². The van der Waals surface area contributed by atoms with Crippen LogP contribution in [-0.4, -0.2) is 53.5 Å². The first-order valence-corrected chi connectivity index (χ1v) is 9.20. The maximum absolute atomic E-state index is 12.3. The zero-order valence-electron chi connectivity index (χ0n) is 14.2. The number of anilines is 1. The third kappa shape index (κ3) is 4.99. The Morgan fingerprint density at radius 1 is 1.16 bits per heavy atom. The number of piperazine rings is 1. The molecule has 6 nitrogen and oxygen atoms in total. The fraction of sp³-hybridized carbons (Fsp3) is 0.389. The lowest BCUT2D eigenvalue weighted by Gasteiger charge is -2.34. The molecule has 132 valence electrons. The van der Waals surface area contributed by atoms with Gasteiger partial charge >= 0.3 is 0 Å². The molecule has 1 aliphatic rings. The van der Waals surface area contributed by atoms with Crippen LogP contribution in [0.4, 0.5) is 5.95 Å². The Morgan fingerprint density at radius 2 is 1.80 bits per heavy atom. The predicted molar refractivity (Wildman–Crippen MR) is 101 cm³/mol. The fourth-order valence-corrected chi connectivity index (χ4v) is 3.15. The summed E-state index contributed by atoms with van der Waals surface area (Å²) in [5.41, 5.74) is 1.10. The summed E-state index contributed by atoms with van der Waals surface area (Å²) >= 11 is 3.43. The maximum Gasteiger partial charge on any atom is 0.234 e. The zero-order valence-corrected chi connectivity index (χ0v) is 15.8. The first kappa shape index (κ1) is 17.8. The van der Waals surface area contributed by atoms with Crippen molar-refractivity contribution in [3.63, 3.8) is 0 Å². The quantitative estimate of drug-likeness (QED) is 0.829. The molecule has 7 heteroatoms. The Morgan fingerprint density at radius 3 is 2.44 bits per heavy atom. The van der Waals surface area contributed by atoms with Gasteiger partial charge in [0.05, 0.1) is 12.6 Å². The van der Waals surface area contributed by atoms with Crippen LogP contribution in [0.3, 0.4) is 0 Å². The number of carbonyl (C=O) groups excluding carboxylic acids is 1. The van der Waals surface area contributed by atoms with Crippen LogP contribution in [0.5, 0.6) is 0 Å². The largest absolute Gasteiger partial charge is 0.348 e. The molecule has 1 N–H and O–H groups in total. The van der Waals surface area contributed by atoms with Gasteiger partial charge in [-0.15, -0.1) is 0 Å². The molecule has 1 atom stereocenters. The number of rotatable bonds is 5. The van der Waals surface area contributed by atoms with Crippen LogP contribution in [0, 0.1) is 0 Å². The molecule has 0 spiro atoms. The monoisotopic (exact) mass is 403 g/mol. The van der Waals surface area contributed by atoms with Gasteiger partial charge in [0.1, 0.15) is 0 Å². The van der Waals surface area contributed by atoms with Gasteiger partial charge in [-0.1, -0.05) is 28.1 Å². The van der Waals surface area contributed by atoms with E-state index < -0.39 is 0 Å². The molecule has 3 rings (SSSR count). The van der Waals surface area contributed by atoms with Crippen LogP contribution < -0.4 is 10.2 Å². The molecule has 1 saturated heterocycles. The van der Waals surface area contributed by atoms with Crippen molar-refractivity contribution in [2.24, 2.45) is 0 Å². The second-order valence-electron chi connectivity index (χ2n) is 6.15. The van der Waals surface area contributed by atoms with E-state index in [1.165, 1.54) is 0 Å². The van der Waals surface area contributed by atoms with Gasteiger partial charge in [-0.2, -0.15) is 0 Å².